The standard InChI is InChI=1S/C18H17F4N3O2/c19-12-2-1-3-14(8-12)27-10-13-9-15-17(26)24(6-7-25(15)23-13)16(11-4-5-11)18(20,21)22/h1-3,8-9,11,16H,4-7,10H2/t16-/m1/s1. The third-order valence-corrected chi connectivity index (χ3v) is 4.79. The minimum absolute atomic E-state index is 0.0118. The topological polar surface area (TPSA) is 47.4 Å². The Morgan fingerprint density at radius 3 is 2.67 bits per heavy atom. The summed E-state index contributed by atoms with van der Waals surface area (Å²) in [6, 6.07) is 5.28. The second kappa shape index (κ2) is 6.54. The SMILES string of the molecule is O=C1c2cc(COc3cccc(F)c3)nn2CCN1[C@H](C1CC1)C(F)(F)F. The summed E-state index contributed by atoms with van der Waals surface area (Å²) in [5, 5.41) is 4.22. The molecule has 1 fully saturated rings. The minimum atomic E-state index is -4.44. The molecule has 1 amide bonds. The summed E-state index contributed by atoms with van der Waals surface area (Å²) in [6.45, 7) is 0.154. The van der Waals surface area contributed by atoms with E-state index in [9.17, 15) is 22.4 Å². The lowest BCUT2D eigenvalue weighted by atomic mass is 10.1. The number of ether oxygens (including phenoxy) is 1. The van der Waals surface area contributed by atoms with Gasteiger partial charge in [0.1, 0.15) is 35.6 Å². The van der Waals surface area contributed by atoms with Crippen molar-refractivity contribution in [2.24, 2.45) is 5.92 Å². The zero-order valence-electron chi connectivity index (χ0n) is 14.2. The Morgan fingerprint density at radius 1 is 1.22 bits per heavy atom. The Bertz CT molecular complexity index is 861. The summed E-state index contributed by atoms with van der Waals surface area (Å²) < 4.78 is 60.3. The van der Waals surface area contributed by atoms with Gasteiger partial charge in [-0.2, -0.15) is 18.3 Å². The third kappa shape index (κ3) is 3.63. The molecular weight excluding hydrogens is 366 g/mol. The highest BCUT2D eigenvalue weighted by Gasteiger charge is 2.54. The van der Waals surface area contributed by atoms with Crippen LogP contribution >= 0.6 is 0 Å². The van der Waals surface area contributed by atoms with Crippen LogP contribution in [0.4, 0.5) is 17.6 Å². The maximum atomic E-state index is 13.4. The van der Waals surface area contributed by atoms with Crippen molar-refractivity contribution < 1.29 is 27.1 Å². The minimum Gasteiger partial charge on any atom is -0.487 e. The van der Waals surface area contributed by atoms with E-state index in [-0.39, 0.29) is 25.4 Å². The van der Waals surface area contributed by atoms with E-state index in [2.05, 4.69) is 5.10 Å². The first-order valence-electron chi connectivity index (χ1n) is 8.66. The van der Waals surface area contributed by atoms with Crippen LogP contribution in [0.5, 0.6) is 5.75 Å². The molecule has 1 aromatic heterocycles. The molecule has 1 atom stereocenters. The molecule has 0 N–H and O–H groups in total. The summed E-state index contributed by atoms with van der Waals surface area (Å²) in [5.41, 5.74) is 0.522. The van der Waals surface area contributed by atoms with Crippen molar-refractivity contribution in [3.8, 4) is 5.75 Å². The highest BCUT2D eigenvalue weighted by atomic mass is 19.4. The number of carbonyl (C=O) groups is 1. The maximum Gasteiger partial charge on any atom is 0.409 e. The first-order valence-corrected chi connectivity index (χ1v) is 8.66. The van der Waals surface area contributed by atoms with Crippen molar-refractivity contribution in [3.63, 3.8) is 0 Å². The average molecular weight is 383 g/mol. The van der Waals surface area contributed by atoms with Gasteiger partial charge in [-0.3, -0.25) is 9.48 Å². The van der Waals surface area contributed by atoms with E-state index in [4.69, 9.17) is 4.74 Å². The average Bonchev–Trinajstić information content (AvgIpc) is 3.32. The fraction of sp³-hybridized carbons (Fsp3) is 0.444. The Labute approximate surface area is 152 Å². The summed E-state index contributed by atoms with van der Waals surface area (Å²) in [7, 11) is 0. The fourth-order valence-corrected chi connectivity index (χ4v) is 3.42. The van der Waals surface area contributed by atoms with Gasteiger partial charge in [-0.05, 0) is 37.0 Å². The molecule has 144 valence electrons. The van der Waals surface area contributed by atoms with E-state index in [1.54, 1.807) is 6.07 Å². The van der Waals surface area contributed by atoms with Gasteiger partial charge in [-0.15, -0.1) is 0 Å². The summed E-state index contributed by atoms with van der Waals surface area (Å²) >= 11 is 0. The number of carbonyl (C=O) groups excluding carboxylic acids is 1. The van der Waals surface area contributed by atoms with E-state index in [0.717, 1.165) is 4.90 Å². The smallest absolute Gasteiger partial charge is 0.409 e. The van der Waals surface area contributed by atoms with Crippen LogP contribution in [0, 0.1) is 11.7 Å². The zero-order chi connectivity index (χ0) is 19.2. The van der Waals surface area contributed by atoms with Gasteiger partial charge in [0.2, 0.25) is 0 Å². The van der Waals surface area contributed by atoms with Crippen molar-refractivity contribution in [2.45, 2.75) is 38.2 Å². The third-order valence-electron chi connectivity index (χ3n) is 4.79. The Morgan fingerprint density at radius 2 is 2.00 bits per heavy atom. The number of fused-ring (bicyclic) bond motifs is 1. The van der Waals surface area contributed by atoms with Crippen molar-refractivity contribution in [1.82, 2.24) is 14.7 Å². The first kappa shape index (κ1) is 17.8. The number of hydrogen-bond donors (Lipinski definition) is 0. The van der Waals surface area contributed by atoms with E-state index in [1.165, 1.54) is 28.9 Å². The summed E-state index contributed by atoms with van der Waals surface area (Å²) in [5.74, 6) is -1.32. The number of aromatic nitrogens is 2. The number of hydrogen-bond acceptors (Lipinski definition) is 3. The molecule has 0 bridgehead atoms. The molecule has 1 aliphatic carbocycles. The van der Waals surface area contributed by atoms with Gasteiger partial charge in [0.25, 0.3) is 5.91 Å². The largest absolute Gasteiger partial charge is 0.487 e. The number of alkyl halides is 3. The normalized spacial score (nSPS) is 18.4. The lowest BCUT2D eigenvalue weighted by Crippen LogP contribution is -2.53. The van der Waals surface area contributed by atoms with Gasteiger partial charge in [0.15, 0.2) is 0 Å². The molecule has 0 spiro atoms. The Kier molecular flexibility index (Phi) is 4.32. The molecule has 0 unspecified atom stereocenters. The van der Waals surface area contributed by atoms with Crippen LogP contribution in [0.25, 0.3) is 0 Å². The predicted octanol–water partition coefficient (Wildman–Crippen LogP) is 3.40. The van der Waals surface area contributed by atoms with Gasteiger partial charge >= 0.3 is 6.18 Å². The van der Waals surface area contributed by atoms with Gasteiger partial charge in [0.05, 0.1) is 6.54 Å². The molecule has 1 aliphatic heterocycles. The Balaban J connectivity index is 1.50. The van der Waals surface area contributed by atoms with E-state index in [0.29, 0.717) is 24.3 Å². The number of benzene rings is 1. The highest BCUT2D eigenvalue weighted by Crippen LogP contribution is 2.44. The first-order chi connectivity index (χ1) is 12.8. The van der Waals surface area contributed by atoms with Crippen LogP contribution in [0.2, 0.25) is 0 Å². The van der Waals surface area contributed by atoms with Crippen molar-refractivity contribution in [1.29, 1.82) is 0 Å². The molecule has 4 rings (SSSR count). The second-order valence-electron chi connectivity index (χ2n) is 6.81. The monoisotopic (exact) mass is 383 g/mol. The lowest BCUT2D eigenvalue weighted by Gasteiger charge is -2.35. The van der Waals surface area contributed by atoms with Crippen LogP contribution in [-0.2, 0) is 13.2 Å². The maximum absolute atomic E-state index is 13.4. The fourth-order valence-electron chi connectivity index (χ4n) is 3.42. The molecular formula is C18H17F4N3O2. The van der Waals surface area contributed by atoms with E-state index < -0.39 is 29.9 Å². The highest BCUT2D eigenvalue weighted by molar-refractivity contribution is 5.93. The molecule has 0 radical (unpaired) electrons. The van der Waals surface area contributed by atoms with Crippen LogP contribution in [0.3, 0.4) is 0 Å². The van der Waals surface area contributed by atoms with Crippen LogP contribution in [-0.4, -0.2) is 39.4 Å². The number of halogens is 4. The number of amides is 1. The molecule has 0 saturated heterocycles. The van der Waals surface area contributed by atoms with Crippen molar-refractivity contribution in [2.75, 3.05) is 6.54 Å². The molecule has 1 saturated carbocycles. The number of rotatable bonds is 5. The molecule has 9 heteroatoms. The molecule has 2 aromatic rings. The summed E-state index contributed by atoms with van der Waals surface area (Å²) in [6.07, 6.45) is -3.47. The zero-order valence-corrected chi connectivity index (χ0v) is 14.2. The molecule has 2 aliphatic rings. The van der Waals surface area contributed by atoms with E-state index in [1.807, 2.05) is 0 Å². The molecule has 5 nitrogen and oxygen atoms in total. The van der Waals surface area contributed by atoms with Gasteiger partial charge in [0, 0.05) is 12.6 Å². The van der Waals surface area contributed by atoms with Gasteiger partial charge in [-0.25, -0.2) is 4.39 Å². The van der Waals surface area contributed by atoms with Gasteiger partial charge in [-0.1, -0.05) is 6.07 Å². The predicted molar refractivity (Wildman–Crippen MR) is 86.6 cm³/mol. The lowest BCUT2D eigenvalue weighted by molar-refractivity contribution is -0.183. The van der Waals surface area contributed by atoms with Crippen molar-refractivity contribution in [3.05, 3.63) is 47.5 Å². The quantitative estimate of drug-likeness (QED) is 0.744. The van der Waals surface area contributed by atoms with Crippen LogP contribution < -0.4 is 4.74 Å². The van der Waals surface area contributed by atoms with E-state index >= 15 is 0 Å². The Hall–Kier alpha value is -2.58. The second-order valence-corrected chi connectivity index (χ2v) is 6.81. The number of nitrogens with zero attached hydrogens (tertiary/aromatic N) is 3. The van der Waals surface area contributed by atoms with Crippen molar-refractivity contribution >= 4 is 5.91 Å². The van der Waals surface area contributed by atoms with Crippen LogP contribution in [0.1, 0.15) is 29.0 Å². The van der Waals surface area contributed by atoms with Crippen LogP contribution in [0.15, 0.2) is 30.3 Å². The molecule has 1 aromatic carbocycles. The molecule has 27 heavy (non-hydrogen) atoms. The summed E-state index contributed by atoms with van der Waals surface area (Å²) in [4.78, 5) is 13.6. The molecule has 2 heterocycles. The van der Waals surface area contributed by atoms with Gasteiger partial charge < -0.3 is 9.64 Å².